The molecule has 0 aromatic carbocycles. The number of carbonyl (C=O) groups is 1. The molecule has 1 fully saturated rings. The van der Waals surface area contributed by atoms with E-state index in [1.165, 1.54) is 25.7 Å². The summed E-state index contributed by atoms with van der Waals surface area (Å²) in [6.45, 7) is 1.55. The molecule has 2 rings (SSSR count). The lowest BCUT2D eigenvalue weighted by molar-refractivity contribution is 0.0951. The fraction of sp³-hybridized carbons (Fsp3) is 0.714. The number of aromatic nitrogens is 2. The van der Waals surface area contributed by atoms with Crippen LogP contribution in [0.5, 0.6) is 0 Å². The van der Waals surface area contributed by atoms with Gasteiger partial charge in [-0.3, -0.25) is 9.48 Å². The molecule has 5 heteroatoms. The monoisotopic (exact) mass is 283 g/mol. The van der Waals surface area contributed by atoms with Crippen LogP contribution in [0.2, 0.25) is 5.02 Å². The number of hydrogen-bond donors (Lipinski definition) is 0. The lowest BCUT2D eigenvalue weighted by Gasteiger charge is -2.13. The van der Waals surface area contributed by atoms with Crippen LogP contribution in [0.4, 0.5) is 0 Å². The molecular formula is C14H22ClN3O. The molecule has 0 unspecified atom stereocenters. The number of likely N-dealkylation sites (N-methyl/N-ethyl adjacent to an activating group) is 1. The summed E-state index contributed by atoms with van der Waals surface area (Å²) < 4.78 is 1.75. The Bertz CT molecular complexity index is 436. The van der Waals surface area contributed by atoms with E-state index in [0.29, 0.717) is 29.6 Å². The average Bonchev–Trinajstić information content (AvgIpc) is 2.96. The smallest absolute Gasteiger partial charge is 0.182 e. The molecule has 0 radical (unpaired) electrons. The predicted molar refractivity (Wildman–Crippen MR) is 76.7 cm³/mol. The molecule has 0 bridgehead atoms. The lowest BCUT2D eigenvalue weighted by atomic mass is 9.99. The van der Waals surface area contributed by atoms with E-state index in [-0.39, 0.29) is 5.78 Å². The van der Waals surface area contributed by atoms with E-state index in [1.54, 1.807) is 10.9 Å². The minimum absolute atomic E-state index is 0.146. The third kappa shape index (κ3) is 3.80. The Hall–Kier alpha value is -0.870. The molecule has 0 N–H and O–H groups in total. The van der Waals surface area contributed by atoms with Gasteiger partial charge in [-0.05, 0) is 20.0 Å². The minimum Gasteiger partial charge on any atom is -0.308 e. The van der Waals surface area contributed by atoms with Crippen molar-refractivity contribution in [2.75, 3.05) is 20.6 Å². The van der Waals surface area contributed by atoms with Gasteiger partial charge in [0.05, 0.1) is 17.8 Å². The van der Waals surface area contributed by atoms with Crippen LogP contribution in [-0.4, -0.2) is 41.1 Å². The van der Waals surface area contributed by atoms with Crippen molar-refractivity contribution in [1.29, 1.82) is 0 Å². The fourth-order valence-electron chi connectivity index (χ4n) is 2.68. The second kappa shape index (κ2) is 6.53. The molecule has 106 valence electrons. The van der Waals surface area contributed by atoms with E-state index >= 15 is 0 Å². The van der Waals surface area contributed by atoms with Gasteiger partial charge in [-0.15, -0.1) is 0 Å². The molecule has 0 aliphatic heterocycles. The molecular weight excluding hydrogens is 262 g/mol. The van der Waals surface area contributed by atoms with Crippen LogP contribution in [0.25, 0.3) is 0 Å². The van der Waals surface area contributed by atoms with Gasteiger partial charge in [0.25, 0.3) is 0 Å². The van der Waals surface area contributed by atoms with Crippen LogP contribution in [0, 0.1) is 5.92 Å². The Labute approximate surface area is 119 Å². The van der Waals surface area contributed by atoms with Gasteiger partial charge in [0.2, 0.25) is 0 Å². The van der Waals surface area contributed by atoms with E-state index in [4.69, 9.17) is 11.6 Å². The van der Waals surface area contributed by atoms with Crippen LogP contribution >= 0.6 is 11.6 Å². The summed E-state index contributed by atoms with van der Waals surface area (Å²) in [6, 6.07) is 0. The second-order valence-corrected chi connectivity index (χ2v) is 6.05. The topological polar surface area (TPSA) is 38.1 Å². The third-order valence-electron chi connectivity index (χ3n) is 3.77. The molecule has 0 atom stereocenters. The Morgan fingerprint density at radius 1 is 1.47 bits per heavy atom. The van der Waals surface area contributed by atoms with Crippen molar-refractivity contribution in [3.63, 3.8) is 0 Å². The van der Waals surface area contributed by atoms with Crippen molar-refractivity contribution in [2.24, 2.45) is 5.92 Å². The highest BCUT2D eigenvalue weighted by Crippen LogP contribution is 2.29. The first-order valence-corrected chi connectivity index (χ1v) is 7.35. The van der Waals surface area contributed by atoms with Gasteiger partial charge in [0, 0.05) is 13.0 Å². The Kier molecular flexibility index (Phi) is 4.99. The van der Waals surface area contributed by atoms with Gasteiger partial charge in [0.15, 0.2) is 5.78 Å². The van der Waals surface area contributed by atoms with Crippen LogP contribution in [0.1, 0.15) is 42.6 Å². The zero-order valence-corrected chi connectivity index (χ0v) is 12.5. The minimum atomic E-state index is 0.146. The normalized spacial score (nSPS) is 16.4. The molecule has 1 aromatic heterocycles. The summed E-state index contributed by atoms with van der Waals surface area (Å²) in [5.41, 5.74) is 0.593. The maximum absolute atomic E-state index is 12.4. The number of halogens is 1. The first-order chi connectivity index (χ1) is 9.08. The number of rotatable bonds is 6. The Morgan fingerprint density at radius 2 is 2.16 bits per heavy atom. The maximum Gasteiger partial charge on any atom is 0.182 e. The van der Waals surface area contributed by atoms with Crippen molar-refractivity contribution in [3.8, 4) is 0 Å². The standard InChI is InChI=1S/C14H22ClN3O/c1-17(2)7-8-18-14(12(15)10-16-18)13(19)9-11-5-3-4-6-11/h10-11H,3-9H2,1-2H3. The zero-order valence-electron chi connectivity index (χ0n) is 11.7. The Balaban J connectivity index is 2.04. The second-order valence-electron chi connectivity index (χ2n) is 5.65. The highest BCUT2D eigenvalue weighted by molar-refractivity contribution is 6.33. The molecule has 0 saturated heterocycles. The summed E-state index contributed by atoms with van der Waals surface area (Å²) in [6.07, 6.45) is 7.06. The molecule has 0 spiro atoms. The van der Waals surface area contributed by atoms with Crippen molar-refractivity contribution in [2.45, 2.75) is 38.6 Å². The van der Waals surface area contributed by atoms with Gasteiger partial charge in [-0.1, -0.05) is 37.3 Å². The van der Waals surface area contributed by atoms with Crippen LogP contribution < -0.4 is 0 Å². The molecule has 1 heterocycles. The zero-order chi connectivity index (χ0) is 13.8. The number of hydrogen-bond acceptors (Lipinski definition) is 3. The van der Waals surface area contributed by atoms with Gasteiger partial charge >= 0.3 is 0 Å². The van der Waals surface area contributed by atoms with Crippen molar-refractivity contribution >= 4 is 17.4 Å². The van der Waals surface area contributed by atoms with Crippen molar-refractivity contribution < 1.29 is 4.79 Å². The van der Waals surface area contributed by atoms with Crippen LogP contribution in [-0.2, 0) is 6.54 Å². The summed E-state index contributed by atoms with van der Waals surface area (Å²) in [5, 5.41) is 4.71. The third-order valence-corrected chi connectivity index (χ3v) is 4.04. The molecule has 1 aliphatic carbocycles. The molecule has 19 heavy (non-hydrogen) atoms. The highest BCUT2D eigenvalue weighted by atomic mass is 35.5. The molecule has 0 amide bonds. The number of ketones is 1. The molecule has 1 aromatic rings. The van der Waals surface area contributed by atoms with Gasteiger partial charge in [-0.25, -0.2) is 0 Å². The van der Waals surface area contributed by atoms with E-state index in [2.05, 4.69) is 10.00 Å². The van der Waals surface area contributed by atoms with E-state index in [0.717, 1.165) is 6.54 Å². The van der Waals surface area contributed by atoms with Crippen LogP contribution in [0.3, 0.4) is 0 Å². The van der Waals surface area contributed by atoms with E-state index in [1.807, 2.05) is 14.1 Å². The summed E-state index contributed by atoms with van der Waals surface area (Å²) in [7, 11) is 4.01. The Morgan fingerprint density at radius 3 is 2.79 bits per heavy atom. The average molecular weight is 284 g/mol. The molecule has 1 saturated carbocycles. The van der Waals surface area contributed by atoms with Crippen LogP contribution in [0.15, 0.2) is 6.20 Å². The number of carbonyl (C=O) groups excluding carboxylic acids is 1. The van der Waals surface area contributed by atoms with Gasteiger partial charge in [-0.2, -0.15) is 5.10 Å². The SMILES string of the molecule is CN(C)CCn1ncc(Cl)c1C(=O)CC1CCCC1. The number of Topliss-reactive ketones (excluding diaryl/α,β-unsaturated/α-hetero) is 1. The highest BCUT2D eigenvalue weighted by Gasteiger charge is 2.23. The van der Waals surface area contributed by atoms with Gasteiger partial charge < -0.3 is 4.90 Å². The maximum atomic E-state index is 12.4. The summed E-state index contributed by atoms with van der Waals surface area (Å²) in [5.74, 6) is 0.689. The molecule has 4 nitrogen and oxygen atoms in total. The molecule has 1 aliphatic rings. The fourth-order valence-corrected chi connectivity index (χ4v) is 2.92. The summed E-state index contributed by atoms with van der Waals surface area (Å²) in [4.78, 5) is 14.5. The van der Waals surface area contributed by atoms with Crippen molar-refractivity contribution in [1.82, 2.24) is 14.7 Å². The largest absolute Gasteiger partial charge is 0.308 e. The number of nitrogens with zero attached hydrogens (tertiary/aromatic N) is 3. The van der Waals surface area contributed by atoms with Gasteiger partial charge in [0.1, 0.15) is 5.69 Å². The van der Waals surface area contributed by atoms with E-state index in [9.17, 15) is 4.79 Å². The first kappa shape index (κ1) is 14.5. The summed E-state index contributed by atoms with van der Waals surface area (Å²) >= 11 is 6.12. The lowest BCUT2D eigenvalue weighted by Crippen LogP contribution is -2.22. The first-order valence-electron chi connectivity index (χ1n) is 6.97. The predicted octanol–water partition coefficient (Wildman–Crippen LogP) is 2.86. The quantitative estimate of drug-likeness (QED) is 0.754. The van der Waals surface area contributed by atoms with E-state index < -0.39 is 0 Å². The van der Waals surface area contributed by atoms with Crippen molar-refractivity contribution in [3.05, 3.63) is 16.9 Å².